The molecule has 0 aliphatic carbocycles. The molecule has 35 heavy (non-hydrogen) atoms. The number of amides is 1. The van der Waals surface area contributed by atoms with Gasteiger partial charge in [-0.3, -0.25) is 4.79 Å². The number of carbonyl (C=O) groups excluding carboxylic acids is 1. The van der Waals surface area contributed by atoms with Crippen molar-refractivity contribution in [2.45, 2.75) is 56.6 Å². The molecule has 2 aliphatic heterocycles. The van der Waals surface area contributed by atoms with Gasteiger partial charge in [0.05, 0.1) is 38.5 Å². The van der Waals surface area contributed by atoms with E-state index in [1.807, 2.05) is 91.0 Å². The molecule has 5 atom stereocenters. The van der Waals surface area contributed by atoms with Crippen molar-refractivity contribution in [1.82, 2.24) is 4.90 Å². The molecule has 0 bridgehead atoms. The molecule has 6 nitrogen and oxygen atoms in total. The second-order valence-electron chi connectivity index (χ2n) is 9.15. The predicted octanol–water partition coefficient (Wildman–Crippen LogP) is 3.72. The van der Waals surface area contributed by atoms with E-state index in [4.69, 9.17) is 14.2 Å². The lowest BCUT2D eigenvalue weighted by Gasteiger charge is -2.28. The molecule has 2 fully saturated rings. The van der Waals surface area contributed by atoms with Crippen LogP contribution in [0.25, 0.3) is 0 Å². The summed E-state index contributed by atoms with van der Waals surface area (Å²) in [6, 6.07) is 29.3. The van der Waals surface area contributed by atoms with Crippen LogP contribution in [0.2, 0.25) is 0 Å². The normalized spacial score (nSPS) is 25.7. The van der Waals surface area contributed by atoms with Crippen LogP contribution < -0.4 is 0 Å². The molecule has 0 unspecified atom stereocenters. The Morgan fingerprint density at radius 1 is 0.714 bits per heavy atom. The van der Waals surface area contributed by atoms with E-state index in [-0.39, 0.29) is 30.2 Å². The largest absolute Gasteiger partial charge is 0.383 e. The van der Waals surface area contributed by atoms with Gasteiger partial charge in [0.15, 0.2) is 0 Å². The number of benzene rings is 3. The third-order valence-corrected chi connectivity index (χ3v) is 6.77. The zero-order valence-electron chi connectivity index (χ0n) is 19.6. The molecule has 0 aromatic heterocycles. The molecule has 3 aromatic carbocycles. The second kappa shape index (κ2) is 11.1. The van der Waals surface area contributed by atoms with Gasteiger partial charge in [-0.2, -0.15) is 0 Å². The molecule has 5 rings (SSSR count). The Kier molecular flexibility index (Phi) is 7.54. The summed E-state index contributed by atoms with van der Waals surface area (Å²) < 4.78 is 18.9. The number of nitrogens with zero attached hydrogens (tertiary/aromatic N) is 1. The van der Waals surface area contributed by atoms with Crippen molar-refractivity contribution in [1.29, 1.82) is 0 Å². The topological polar surface area (TPSA) is 68.2 Å². The molecular formula is C29H31NO5. The zero-order chi connectivity index (χ0) is 24.0. The zero-order valence-corrected chi connectivity index (χ0v) is 19.6. The molecule has 3 aromatic rings. The third kappa shape index (κ3) is 5.46. The molecule has 0 radical (unpaired) electrons. The van der Waals surface area contributed by atoms with Crippen LogP contribution >= 0.6 is 0 Å². The van der Waals surface area contributed by atoms with Crippen molar-refractivity contribution in [2.24, 2.45) is 0 Å². The molecular weight excluding hydrogens is 442 g/mol. The van der Waals surface area contributed by atoms with Gasteiger partial charge < -0.3 is 24.2 Å². The molecule has 182 valence electrons. The van der Waals surface area contributed by atoms with Crippen molar-refractivity contribution in [2.75, 3.05) is 6.61 Å². The van der Waals surface area contributed by atoms with Crippen LogP contribution in [-0.4, -0.2) is 52.9 Å². The highest BCUT2D eigenvalue weighted by Gasteiger charge is 2.57. The SMILES string of the molecule is O=C1[C@H](O)C[C@@H]2[C@@H](OCc3ccccc3)[C@H](OCc3ccccc3)[C@@H](COCc3ccccc3)N12. The fraction of sp³-hybridized carbons (Fsp3) is 0.345. The summed E-state index contributed by atoms with van der Waals surface area (Å²) in [5.41, 5.74) is 3.17. The first-order chi connectivity index (χ1) is 17.2. The van der Waals surface area contributed by atoms with Crippen molar-refractivity contribution in [3.05, 3.63) is 108 Å². The Hall–Kier alpha value is -3.03. The van der Waals surface area contributed by atoms with Gasteiger partial charge in [-0.25, -0.2) is 0 Å². The van der Waals surface area contributed by atoms with E-state index in [9.17, 15) is 9.90 Å². The Balaban J connectivity index is 1.35. The molecule has 0 spiro atoms. The third-order valence-electron chi connectivity index (χ3n) is 6.77. The lowest BCUT2D eigenvalue weighted by atomic mass is 10.0. The maximum Gasteiger partial charge on any atom is 0.252 e. The van der Waals surface area contributed by atoms with Gasteiger partial charge in [-0.15, -0.1) is 0 Å². The smallest absolute Gasteiger partial charge is 0.252 e. The van der Waals surface area contributed by atoms with Crippen LogP contribution in [0.4, 0.5) is 0 Å². The van der Waals surface area contributed by atoms with Crippen molar-refractivity contribution in [3.8, 4) is 0 Å². The van der Waals surface area contributed by atoms with E-state index < -0.39 is 6.10 Å². The Morgan fingerprint density at radius 3 is 1.74 bits per heavy atom. The summed E-state index contributed by atoms with van der Waals surface area (Å²) in [7, 11) is 0. The van der Waals surface area contributed by atoms with Gasteiger partial charge in [0.25, 0.3) is 5.91 Å². The molecule has 2 saturated heterocycles. The fourth-order valence-corrected chi connectivity index (χ4v) is 5.07. The molecule has 1 N–H and O–H groups in total. The first-order valence-corrected chi connectivity index (χ1v) is 12.1. The minimum Gasteiger partial charge on any atom is -0.383 e. The summed E-state index contributed by atoms with van der Waals surface area (Å²) in [5, 5.41) is 10.4. The van der Waals surface area contributed by atoms with Crippen LogP contribution in [0.3, 0.4) is 0 Å². The van der Waals surface area contributed by atoms with Gasteiger partial charge in [0.2, 0.25) is 0 Å². The number of aliphatic hydroxyl groups excluding tert-OH is 1. The van der Waals surface area contributed by atoms with Crippen molar-refractivity contribution < 1.29 is 24.1 Å². The summed E-state index contributed by atoms with van der Waals surface area (Å²) in [4.78, 5) is 14.7. The number of hydrogen-bond donors (Lipinski definition) is 1. The van der Waals surface area contributed by atoms with Crippen LogP contribution in [0.15, 0.2) is 91.0 Å². The summed E-state index contributed by atoms with van der Waals surface area (Å²) in [6.45, 7) is 1.55. The van der Waals surface area contributed by atoms with Gasteiger partial charge in [0, 0.05) is 6.42 Å². The van der Waals surface area contributed by atoms with Gasteiger partial charge in [-0.1, -0.05) is 91.0 Å². The average Bonchev–Trinajstić information content (AvgIpc) is 3.35. The van der Waals surface area contributed by atoms with Gasteiger partial charge in [0.1, 0.15) is 18.3 Å². The lowest BCUT2D eigenvalue weighted by Crippen LogP contribution is -2.45. The number of ether oxygens (including phenoxy) is 3. The van der Waals surface area contributed by atoms with E-state index in [0.29, 0.717) is 32.8 Å². The molecule has 2 heterocycles. The van der Waals surface area contributed by atoms with E-state index >= 15 is 0 Å². The molecule has 6 heteroatoms. The summed E-state index contributed by atoms with van der Waals surface area (Å²) in [5.74, 6) is -0.276. The highest BCUT2D eigenvalue weighted by Crippen LogP contribution is 2.38. The highest BCUT2D eigenvalue weighted by atomic mass is 16.5. The molecule has 1 amide bonds. The van der Waals surface area contributed by atoms with Crippen molar-refractivity contribution >= 4 is 5.91 Å². The quantitative estimate of drug-likeness (QED) is 0.486. The molecule has 0 saturated carbocycles. The first-order valence-electron chi connectivity index (χ1n) is 12.1. The van der Waals surface area contributed by atoms with Gasteiger partial charge in [-0.05, 0) is 16.7 Å². The minimum atomic E-state index is -1.02. The number of rotatable bonds is 10. The summed E-state index contributed by atoms with van der Waals surface area (Å²) in [6.07, 6.45) is -1.44. The Labute approximate surface area is 206 Å². The number of fused-ring (bicyclic) bond motifs is 1. The fourth-order valence-electron chi connectivity index (χ4n) is 5.07. The lowest BCUT2D eigenvalue weighted by molar-refractivity contribution is -0.140. The number of aliphatic hydroxyl groups is 1. The minimum absolute atomic E-state index is 0.257. The van der Waals surface area contributed by atoms with E-state index in [0.717, 1.165) is 16.7 Å². The van der Waals surface area contributed by atoms with Crippen LogP contribution in [0.5, 0.6) is 0 Å². The Morgan fingerprint density at radius 2 is 1.20 bits per heavy atom. The van der Waals surface area contributed by atoms with Gasteiger partial charge >= 0.3 is 0 Å². The average molecular weight is 474 g/mol. The standard InChI is InChI=1S/C29H31NO5/c31-26-16-24-27(34-18-22-12-6-2-7-13-22)28(35-19-23-14-8-3-9-15-23)25(30(24)29(26)32)20-33-17-21-10-4-1-5-11-21/h1-15,24-28,31H,16-20H2/t24-,25-,26-,27-,28-/m1/s1. The molecule has 2 aliphatic rings. The van der Waals surface area contributed by atoms with Crippen LogP contribution in [-0.2, 0) is 38.8 Å². The predicted molar refractivity (Wildman–Crippen MR) is 131 cm³/mol. The van der Waals surface area contributed by atoms with E-state index in [1.54, 1.807) is 4.90 Å². The van der Waals surface area contributed by atoms with E-state index in [2.05, 4.69) is 0 Å². The monoisotopic (exact) mass is 473 g/mol. The summed E-state index contributed by atoms with van der Waals surface area (Å²) >= 11 is 0. The number of carbonyl (C=O) groups is 1. The van der Waals surface area contributed by atoms with E-state index in [1.165, 1.54) is 0 Å². The highest BCUT2D eigenvalue weighted by molar-refractivity contribution is 5.84. The Bertz CT molecular complexity index is 1080. The van der Waals surface area contributed by atoms with Crippen LogP contribution in [0.1, 0.15) is 23.1 Å². The maximum atomic E-state index is 13.0. The first kappa shape index (κ1) is 23.7. The maximum absolute atomic E-state index is 13.0. The van der Waals surface area contributed by atoms with Crippen molar-refractivity contribution in [3.63, 3.8) is 0 Å². The van der Waals surface area contributed by atoms with Crippen LogP contribution in [0, 0.1) is 0 Å². The number of hydrogen-bond acceptors (Lipinski definition) is 5. The second-order valence-corrected chi connectivity index (χ2v) is 9.15.